The Hall–Kier alpha value is -0.610. The van der Waals surface area contributed by atoms with E-state index in [-0.39, 0.29) is 5.91 Å². The zero-order valence-electron chi connectivity index (χ0n) is 11.0. The molecule has 0 aromatic rings. The van der Waals surface area contributed by atoms with Crippen LogP contribution in [0, 0.1) is 0 Å². The van der Waals surface area contributed by atoms with Crippen molar-refractivity contribution >= 4 is 5.91 Å². The van der Waals surface area contributed by atoms with E-state index in [9.17, 15) is 4.79 Å². The maximum Gasteiger partial charge on any atom is 0.223 e. The molecule has 4 heteroatoms. The molecule has 1 N–H and O–H groups in total. The highest BCUT2D eigenvalue weighted by Crippen LogP contribution is 2.19. The summed E-state index contributed by atoms with van der Waals surface area (Å²) in [5, 5.41) is 3.02. The summed E-state index contributed by atoms with van der Waals surface area (Å²) in [5.74, 6) is 0.260. The van der Waals surface area contributed by atoms with Crippen molar-refractivity contribution in [1.29, 1.82) is 0 Å². The Morgan fingerprint density at radius 2 is 2.25 bits per heavy atom. The Balaban J connectivity index is 2.41. The molecule has 4 nitrogen and oxygen atoms in total. The SMILES string of the molecule is CNCCC(=O)N(C)C1CCN(C)C(C)C1. The van der Waals surface area contributed by atoms with Crippen molar-refractivity contribution in [3.8, 4) is 0 Å². The number of nitrogens with one attached hydrogen (secondary N) is 1. The van der Waals surface area contributed by atoms with Crippen LogP contribution in [0.5, 0.6) is 0 Å². The molecule has 0 radical (unpaired) electrons. The Morgan fingerprint density at radius 3 is 2.81 bits per heavy atom. The van der Waals surface area contributed by atoms with Crippen molar-refractivity contribution in [1.82, 2.24) is 15.1 Å². The molecule has 1 fully saturated rings. The molecule has 0 aromatic carbocycles. The van der Waals surface area contributed by atoms with Crippen molar-refractivity contribution in [2.75, 3.05) is 34.2 Å². The number of rotatable bonds is 4. The van der Waals surface area contributed by atoms with Crippen molar-refractivity contribution in [3.63, 3.8) is 0 Å². The monoisotopic (exact) mass is 227 g/mol. The van der Waals surface area contributed by atoms with Gasteiger partial charge in [-0.3, -0.25) is 4.79 Å². The molecule has 1 aliphatic heterocycles. The van der Waals surface area contributed by atoms with E-state index >= 15 is 0 Å². The highest BCUT2D eigenvalue weighted by Gasteiger charge is 2.27. The fourth-order valence-electron chi connectivity index (χ4n) is 2.23. The highest BCUT2D eigenvalue weighted by molar-refractivity contribution is 5.76. The van der Waals surface area contributed by atoms with Gasteiger partial charge in [0.2, 0.25) is 5.91 Å². The fourth-order valence-corrected chi connectivity index (χ4v) is 2.23. The molecule has 2 atom stereocenters. The van der Waals surface area contributed by atoms with Gasteiger partial charge in [-0.2, -0.15) is 0 Å². The van der Waals surface area contributed by atoms with Gasteiger partial charge in [-0.05, 0) is 33.9 Å². The predicted octanol–water partition coefficient (Wildman–Crippen LogP) is 0.537. The fraction of sp³-hybridized carbons (Fsp3) is 0.917. The van der Waals surface area contributed by atoms with Gasteiger partial charge >= 0.3 is 0 Å². The molecule has 1 amide bonds. The molecule has 0 saturated carbocycles. The second-order valence-corrected chi connectivity index (χ2v) is 4.87. The van der Waals surface area contributed by atoms with Gasteiger partial charge in [0.1, 0.15) is 0 Å². The summed E-state index contributed by atoms with van der Waals surface area (Å²) in [6, 6.07) is 1.01. The summed E-state index contributed by atoms with van der Waals surface area (Å²) in [5.41, 5.74) is 0. The largest absolute Gasteiger partial charge is 0.343 e. The molecule has 1 aliphatic rings. The molecule has 1 saturated heterocycles. The van der Waals surface area contributed by atoms with Gasteiger partial charge < -0.3 is 15.1 Å². The number of carbonyl (C=O) groups excluding carboxylic acids is 1. The highest BCUT2D eigenvalue weighted by atomic mass is 16.2. The van der Waals surface area contributed by atoms with E-state index in [1.54, 1.807) is 0 Å². The molecule has 1 heterocycles. The lowest BCUT2D eigenvalue weighted by atomic mass is 9.97. The lowest BCUT2D eigenvalue weighted by Gasteiger charge is -2.39. The minimum absolute atomic E-state index is 0.260. The zero-order valence-corrected chi connectivity index (χ0v) is 11.0. The van der Waals surface area contributed by atoms with Crippen LogP contribution in [0.25, 0.3) is 0 Å². The molecule has 1 rings (SSSR count). The van der Waals surface area contributed by atoms with Crippen molar-refractivity contribution in [3.05, 3.63) is 0 Å². The van der Waals surface area contributed by atoms with Crippen LogP contribution in [0.1, 0.15) is 26.2 Å². The number of piperidine rings is 1. The third-order valence-corrected chi connectivity index (χ3v) is 3.71. The van der Waals surface area contributed by atoms with Crippen LogP contribution in [0.2, 0.25) is 0 Å². The molecule has 16 heavy (non-hydrogen) atoms. The van der Waals surface area contributed by atoms with Crippen LogP contribution in [0.4, 0.5) is 0 Å². The Bertz CT molecular complexity index is 232. The molecule has 2 unspecified atom stereocenters. The quantitative estimate of drug-likeness (QED) is 0.761. The standard InChI is InChI=1S/C12H25N3O/c1-10-9-11(6-8-14(10)3)15(4)12(16)5-7-13-2/h10-11,13H,5-9H2,1-4H3. The number of nitrogens with zero attached hydrogens (tertiary/aromatic N) is 2. The molecular formula is C12H25N3O. The summed E-state index contributed by atoms with van der Waals surface area (Å²) >= 11 is 0. The predicted molar refractivity (Wildman–Crippen MR) is 66.4 cm³/mol. The second-order valence-electron chi connectivity index (χ2n) is 4.87. The second kappa shape index (κ2) is 6.21. The number of hydrogen-bond donors (Lipinski definition) is 1. The number of likely N-dealkylation sites (tertiary alicyclic amines) is 1. The third-order valence-electron chi connectivity index (χ3n) is 3.71. The smallest absolute Gasteiger partial charge is 0.223 e. The lowest BCUT2D eigenvalue weighted by Crippen LogP contribution is -2.48. The van der Waals surface area contributed by atoms with Crippen LogP contribution < -0.4 is 5.32 Å². The Labute approximate surface area is 99.0 Å². The molecular weight excluding hydrogens is 202 g/mol. The molecule has 0 spiro atoms. The van der Waals surface area contributed by atoms with Crippen molar-refractivity contribution in [2.24, 2.45) is 0 Å². The van der Waals surface area contributed by atoms with E-state index < -0.39 is 0 Å². The van der Waals surface area contributed by atoms with Crippen LogP contribution in [-0.4, -0.2) is 62.0 Å². The van der Waals surface area contributed by atoms with Crippen molar-refractivity contribution < 1.29 is 4.79 Å². The zero-order chi connectivity index (χ0) is 12.1. The van der Waals surface area contributed by atoms with E-state index in [0.717, 1.165) is 25.9 Å². The van der Waals surface area contributed by atoms with Gasteiger partial charge in [0, 0.05) is 38.6 Å². The summed E-state index contributed by atoms with van der Waals surface area (Å²) < 4.78 is 0. The average Bonchev–Trinajstić information content (AvgIpc) is 2.28. The van der Waals surface area contributed by atoms with Gasteiger partial charge in [0.05, 0.1) is 0 Å². The van der Waals surface area contributed by atoms with E-state index in [1.807, 2.05) is 19.0 Å². The van der Waals surface area contributed by atoms with E-state index in [0.29, 0.717) is 18.5 Å². The average molecular weight is 227 g/mol. The Kier molecular flexibility index (Phi) is 5.22. The lowest BCUT2D eigenvalue weighted by molar-refractivity contribution is -0.133. The normalized spacial score (nSPS) is 26.8. The van der Waals surface area contributed by atoms with Gasteiger partial charge in [-0.15, -0.1) is 0 Å². The summed E-state index contributed by atoms with van der Waals surface area (Å²) in [6.07, 6.45) is 2.80. The van der Waals surface area contributed by atoms with Gasteiger partial charge in [-0.25, -0.2) is 0 Å². The maximum absolute atomic E-state index is 11.9. The summed E-state index contributed by atoms with van der Waals surface area (Å²) in [7, 11) is 5.98. The number of hydrogen-bond acceptors (Lipinski definition) is 3. The van der Waals surface area contributed by atoms with E-state index in [4.69, 9.17) is 0 Å². The first-order valence-corrected chi connectivity index (χ1v) is 6.16. The molecule has 0 aliphatic carbocycles. The molecule has 0 bridgehead atoms. The van der Waals surface area contributed by atoms with E-state index in [2.05, 4.69) is 24.2 Å². The first-order chi connectivity index (χ1) is 7.56. The van der Waals surface area contributed by atoms with Gasteiger partial charge in [0.25, 0.3) is 0 Å². The minimum atomic E-state index is 0.260. The Morgan fingerprint density at radius 1 is 1.56 bits per heavy atom. The number of amides is 1. The van der Waals surface area contributed by atoms with Crippen LogP contribution in [0.15, 0.2) is 0 Å². The topological polar surface area (TPSA) is 35.6 Å². The summed E-state index contributed by atoms with van der Waals surface area (Å²) in [6.45, 7) is 4.10. The van der Waals surface area contributed by atoms with Crippen LogP contribution >= 0.6 is 0 Å². The maximum atomic E-state index is 11.9. The van der Waals surface area contributed by atoms with Gasteiger partial charge in [0.15, 0.2) is 0 Å². The van der Waals surface area contributed by atoms with Crippen LogP contribution in [-0.2, 0) is 4.79 Å². The van der Waals surface area contributed by atoms with Crippen LogP contribution in [0.3, 0.4) is 0 Å². The first kappa shape index (κ1) is 13.5. The molecule has 94 valence electrons. The van der Waals surface area contributed by atoms with E-state index in [1.165, 1.54) is 0 Å². The third kappa shape index (κ3) is 3.46. The first-order valence-electron chi connectivity index (χ1n) is 6.16. The number of carbonyl (C=O) groups is 1. The summed E-state index contributed by atoms with van der Waals surface area (Å²) in [4.78, 5) is 16.2. The van der Waals surface area contributed by atoms with Crippen molar-refractivity contribution in [2.45, 2.75) is 38.3 Å². The molecule has 0 aromatic heterocycles. The minimum Gasteiger partial charge on any atom is -0.343 e. The van der Waals surface area contributed by atoms with Gasteiger partial charge in [-0.1, -0.05) is 0 Å².